The lowest BCUT2D eigenvalue weighted by Gasteiger charge is -2.29. The van der Waals surface area contributed by atoms with Crippen molar-refractivity contribution in [2.75, 3.05) is 19.0 Å². The first-order valence-corrected chi connectivity index (χ1v) is 9.72. The number of urea groups is 1. The third-order valence-corrected chi connectivity index (χ3v) is 4.82. The zero-order valence-corrected chi connectivity index (χ0v) is 17.6. The molecule has 2 aromatic rings. The first-order chi connectivity index (χ1) is 15.2. The maximum absolute atomic E-state index is 13.3. The normalized spacial score (nSPS) is 16.2. The minimum atomic E-state index is -4.64. The van der Waals surface area contributed by atoms with E-state index in [0.717, 1.165) is 6.07 Å². The second kappa shape index (κ2) is 9.21. The highest BCUT2D eigenvalue weighted by atomic mass is 19.4. The SMILES string of the molecule is CCOc1ccc([C@H]2NC(=O)NC(C)=C2C(=O)Nc2ccccc2C(F)(F)F)cc1OC. The van der Waals surface area contributed by atoms with Gasteiger partial charge in [0.15, 0.2) is 11.5 Å². The van der Waals surface area contributed by atoms with E-state index < -0.39 is 29.7 Å². The number of benzene rings is 2. The summed E-state index contributed by atoms with van der Waals surface area (Å²) in [5.41, 5.74) is -0.584. The molecule has 32 heavy (non-hydrogen) atoms. The molecule has 10 heteroatoms. The van der Waals surface area contributed by atoms with Gasteiger partial charge in [-0.3, -0.25) is 4.79 Å². The first-order valence-electron chi connectivity index (χ1n) is 9.72. The van der Waals surface area contributed by atoms with Crippen LogP contribution in [-0.4, -0.2) is 25.7 Å². The standard InChI is InChI=1S/C22H22F3N3O4/c1-4-32-16-10-9-13(11-17(16)31-3)19-18(12(2)26-21(30)28-19)20(29)27-15-8-6-5-7-14(15)22(23,24)25/h5-11,19H,4H2,1-3H3,(H,27,29)(H2,26,28,30)/t19-/m1/s1. The highest BCUT2D eigenvalue weighted by molar-refractivity contribution is 6.07. The van der Waals surface area contributed by atoms with E-state index in [1.807, 2.05) is 6.92 Å². The van der Waals surface area contributed by atoms with Crippen LogP contribution in [-0.2, 0) is 11.0 Å². The van der Waals surface area contributed by atoms with Crippen LogP contribution >= 0.6 is 0 Å². The predicted octanol–water partition coefficient (Wildman–Crippen LogP) is 4.38. The maximum atomic E-state index is 13.3. The lowest BCUT2D eigenvalue weighted by Crippen LogP contribution is -2.46. The van der Waals surface area contributed by atoms with Crippen molar-refractivity contribution in [2.24, 2.45) is 0 Å². The summed E-state index contributed by atoms with van der Waals surface area (Å²) in [7, 11) is 1.45. The Hall–Kier alpha value is -3.69. The molecule has 3 N–H and O–H groups in total. The monoisotopic (exact) mass is 449 g/mol. The number of rotatable bonds is 6. The quantitative estimate of drug-likeness (QED) is 0.611. The molecule has 0 unspecified atom stereocenters. The van der Waals surface area contributed by atoms with Crippen LogP contribution in [0.15, 0.2) is 53.7 Å². The minimum Gasteiger partial charge on any atom is -0.493 e. The van der Waals surface area contributed by atoms with Crippen LogP contribution in [0.1, 0.15) is 31.0 Å². The Balaban J connectivity index is 2.00. The van der Waals surface area contributed by atoms with E-state index in [-0.39, 0.29) is 17.0 Å². The van der Waals surface area contributed by atoms with Crippen molar-refractivity contribution in [1.82, 2.24) is 10.6 Å². The van der Waals surface area contributed by atoms with Gasteiger partial charge >= 0.3 is 12.2 Å². The van der Waals surface area contributed by atoms with Crippen molar-refractivity contribution in [2.45, 2.75) is 26.1 Å². The third-order valence-electron chi connectivity index (χ3n) is 4.82. The van der Waals surface area contributed by atoms with E-state index in [2.05, 4.69) is 16.0 Å². The van der Waals surface area contributed by atoms with E-state index in [9.17, 15) is 22.8 Å². The Morgan fingerprint density at radius 3 is 2.53 bits per heavy atom. The number of alkyl halides is 3. The highest BCUT2D eigenvalue weighted by Gasteiger charge is 2.36. The van der Waals surface area contributed by atoms with Gasteiger partial charge in [0.25, 0.3) is 5.91 Å². The number of anilines is 1. The fourth-order valence-corrected chi connectivity index (χ4v) is 3.41. The van der Waals surface area contributed by atoms with Crippen molar-refractivity contribution in [3.05, 3.63) is 64.9 Å². The van der Waals surface area contributed by atoms with Crippen LogP contribution in [0.25, 0.3) is 0 Å². The van der Waals surface area contributed by atoms with Gasteiger partial charge in [0.05, 0.1) is 36.6 Å². The number of amides is 3. The van der Waals surface area contributed by atoms with Gasteiger partial charge in [0.1, 0.15) is 0 Å². The summed E-state index contributed by atoms with van der Waals surface area (Å²) in [6, 6.07) is 8.09. The predicted molar refractivity (Wildman–Crippen MR) is 111 cm³/mol. The molecule has 1 atom stereocenters. The van der Waals surface area contributed by atoms with Crippen LogP contribution in [0.5, 0.6) is 11.5 Å². The van der Waals surface area contributed by atoms with E-state index in [0.29, 0.717) is 23.7 Å². The van der Waals surface area contributed by atoms with E-state index >= 15 is 0 Å². The molecule has 7 nitrogen and oxygen atoms in total. The van der Waals surface area contributed by atoms with Gasteiger partial charge in [-0.05, 0) is 43.7 Å². The topological polar surface area (TPSA) is 88.7 Å². The summed E-state index contributed by atoms with van der Waals surface area (Å²) in [4.78, 5) is 25.2. The Labute approximate surface area is 182 Å². The van der Waals surface area contributed by atoms with Crippen LogP contribution < -0.4 is 25.4 Å². The van der Waals surface area contributed by atoms with Crippen LogP contribution in [0.2, 0.25) is 0 Å². The Kier molecular flexibility index (Phi) is 6.61. The molecule has 0 aliphatic carbocycles. The largest absolute Gasteiger partial charge is 0.493 e. The summed E-state index contributed by atoms with van der Waals surface area (Å²) in [5, 5.41) is 7.46. The number of hydrogen-bond donors (Lipinski definition) is 3. The molecule has 3 amide bonds. The number of ether oxygens (including phenoxy) is 2. The van der Waals surface area contributed by atoms with E-state index in [1.165, 1.54) is 32.2 Å². The molecule has 1 aliphatic heterocycles. The number of halogens is 3. The van der Waals surface area contributed by atoms with Gasteiger partial charge in [-0.2, -0.15) is 13.2 Å². The number of methoxy groups -OCH3 is 1. The Bertz CT molecular complexity index is 1070. The van der Waals surface area contributed by atoms with Gasteiger partial charge in [-0.15, -0.1) is 0 Å². The molecule has 0 fully saturated rings. The number of allylic oxidation sites excluding steroid dienone is 1. The van der Waals surface area contributed by atoms with Gasteiger partial charge < -0.3 is 25.4 Å². The number of nitrogens with one attached hydrogen (secondary N) is 3. The zero-order valence-electron chi connectivity index (χ0n) is 17.6. The van der Waals surface area contributed by atoms with Crippen molar-refractivity contribution in [3.8, 4) is 11.5 Å². The molecule has 170 valence electrons. The Morgan fingerprint density at radius 1 is 1.16 bits per heavy atom. The van der Waals surface area contributed by atoms with Crippen molar-refractivity contribution in [1.29, 1.82) is 0 Å². The van der Waals surface area contributed by atoms with Gasteiger partial charge in [0.2, 0.25) is 0 Å². The fourth-order valence-electron chi connectivity index (χ4n) is 3.41. The number of para-hydroxylation sites is 1. The van der Waals surface area contributed by atoms with Gasteiger partial charge in [-0.1, -0.05) is 18.2 Å². The molecule has 0 aromatic heterocycles. The van der Waals surface area contributed by atoms with Gasteiger partial charge in [-0.25, -0.2) is 4.79 Å². The average molecular weight is 449 g/mol. The molecule has 3 rings (SSSR count). The summed E-state index contributed by atoms with van der Waals surface area (Å²) in [6.07, 6.45) is -4.64. The van der Waals surface area contributed by atoms with Crippen LogP contribution in [0, 0.1) is 0 Å². The highest BCUT2D eigenvalue weighted by Crippen LogP contribution is 2.37. The molecule has 0 saturated heterocycles. The number of hydrogen-bond acceptors (Lipinski definition) is 4. The van der Waals surface area contributed by atoms with Crippen molar-refractivity contribution < 1.29 is 32.2 Å². The van der Waals surface area contributed by atoms with Gasteiger partial charge in [0, 0.05) is 5.70 Å². The van der Waals surface area contributed by atoms with Crippen molar-refractivity contribution >= 4 is 17.6 Å². The van der Waals surface area contributed by atoms with Crippen molar-refractivity contribution in [3.63, 3.8) is 0 Å². The molecule has 0 bridgehead atoms. The molecule has 0 radical (unpaired) electrons. The maximum Gasteiger partial charge on any atom is 0.418 e. The fraction of sp³-hybridized carbons (Fsp3) is 0.273. The first kappa shape index (κ1) is 23.0. The lowest BCUT2D eigenvalue weighted by atomic mass is 9.94. The molecular weight excluding hydrogens is 427 g/mol. The van der Waals surface area contributed by atoms with Crippen LogP contribution in [0.3, 0.4) is 0 Å². The average Bonchev–Trinajstić information content (AvgIpc) is 2.73. The summed E-state index contributed by atoms with van der Waals surface area (Å²) >= 11 is 0. The number of carbonyl (C=O) groups is 2. The molecule has 0 spiro atoms. The molecule has 2 aromatic carbocycles. The minimum absolute atomic E-state index is 0.0628. The third kappa shape index (κ3) is 4.79. The second-order valence-electron chi connectivity index (χ2n) is 6.91. The number of carbonyl (C=O) groups excluding carboxylic acids is 2. The molecule has 1 aliphatic rings. The summed E-state index contributed by atoms with van der Waals surface area (Å²) in [6.45, 7) is 3.72. The summed E-state index contributed by atoms with van der Waals surface area (Å²) < 4.78 is 50.8. The lowest BCUT2D eigenvalue weighted by molar-refractivity contribution is -0.137. The second-order valence-corrected chi connectivity index (χ2v) is 6.91. The summed E-state index contributed by atoms with van der Waals surface area (Å²) in [5.74, 6) is 0.0753. The van der Waals surface area contributed by atoms with E-state index in [4.69, 9.17) is 9.47 Å². The smallest absolute Gasteiger partial charge is 0.418 e. The zero-order chi connectivity index (χ0) is 23.5. The Morgan fingerprint density at radius 2 is 1.88 bits per heavy atom. The van der Waals surface area contributed by atoms with E-state index in [1.54, 1.807) is 18.2 Å². The molecule has 0 saturated carbocycles. The van der Waals surface area contributed by atoms with Crippen LogP contribution in [0.4, 0.5) is 23.7 Å². The molecule has 1 heterocycles. The molecular formula is C22H22F3N3O4.